The Bertz CT molecular complexity index is 396. The van der Waals surface area contributed by atoms with E-state index in [1.807, 2.05) is 10.9 Å². The van der Waals surface area contributed by atoms with Crippen LogP contribution in [0.25, 0.3) is 0 Å². The van der Waals surface area contributed by atoms with E-state index in [9.17, 15) is 4.79 Å². The van der Waals surface area contributed by atoms with E-state index >= 15 is 0 Å². The second-order valence-electron chi connectivity index (χ2n) is 3.72. The molecule has 4 nitrogen and oxygen atoms in total. The predicted molar refractivity (Wildman–Crippen MR) is 56.2 cm³/mol. The molecule has 1 heterocycles. The van der Waals surface area contributed by atoms with Crippen LogP contribution in [0.5, 0.6) is 0 Å². The SMILES string of the molecule is CC(C)Cn1cc(C#CCC(=O)O)cn1. The lowest BCUT2D eigenvalue weighted by Crippen LogP contribution is -2.03. The highest BCUT2D eigenvalue weighted by Gasteiger charge is 1.98. The van der Waals surface area contributed by atoms with Gasteiger partial charge in [0.25, 0.3) is 0 Å². The molecule has 4 heteroatoms. The van der Waals surface area contributed by atoms with Crippen LogP contribution in [0.3, 0.4) is 0 Å². The lowest BCUT2D eigenvalue weighted by molar-refractivity contribution is -0.135. The molecule has 15 heavy (non-hydrogen) atoms. The molecule has 0 unspecified atom stereocenters. The topological polar surface area (TPSA) is 55.1 Å². The van der Waals surface area contributed by atoms with Crippen molar-refractivity contribution >= 4 is 5.97 Å². The zero-order valence-corrected chi connectivity index (χ0v) is 8.90. The minimum Gasteiger partial charge on any atom is -0.481 e. The molecule has 0 saturated carbocycles. The maximum Gasteiger partial charge on any atom is 0.315 e. The van der Waals surface area contributed by atoms with Gasteiger partial charge in [-0.25, -0.2) is 0 Å². The normalized spacial score (nSPS) is 9.80. The molecule has 1 aromatic heterocycles. The first kappa shape index (κ1) is 11.3. The fourth-order valence-electron chi connectivity index (χ4n) is 1.12. The summed E-state index contributed by atoms with van der Waals surface area (Å²) in [6, 6.07) is 0. The molecule has 80 valence electrons. The second kappa shape index (κ2) is 5.20. The van der Waals surface area contributed by atoms with E-state index in [1.54, 1.807) is 6.20 Å². The van der Waals surface area contributed by atoms with Gasteiger partial charge in [0, 0.05) is 12.7 Å². The van der Waals surface area contributed by atoms with Crippen molar-refractivity contribution in [3.05, 3.63) is 18.0 Å². The van der Waals surface area contributed by atoms with Gasteiger partial charge in [0.1, 0.15) is 6.42 Å². The van der Waals surface area contributed by atoms with Gasteiger partial charge in [0.2, 0.25) is 0 Å². The molecule has 0 bridgehead atoms. The molecule has 0 saturated heterocycles. The Labute approximate surface area is 88.9 Å². The highest BCUT2D eigenvalue weighted by molar-refractivity contribution is 5.70. The van der Waals surface area contributed by atoms with E-state index in [0.717, 1.165) is 12.1 Å². The highest BCUT2D eigenvalue weighted by atomic mass is 16.4. The Hall–Kier alpha value is -1.76. The molecular weight excluding hydrogens is 192 g/mol. The molecule has 0 atom stereocenters. The fourth-order valence-corrected chi connectivity index (χ4v) is 1.12. The second-order valence-corrected chi connectivity index (χ2v) is 3.72. The van der Waals surface area contributed by atoms with E-state index in [1.165, 1.54) is 0 Å². The molecule has 0 spiro atoms. The van der Waals surface area contributed by atoms with Gasteiger partial charge in [0.05, 0.1) is 11.8 Å². The third kappa shape index (κ3) is 4.32. The number of nitrogens with zero attached hydrogens (tertiary/aromatic N) is 2. The van der Waals surface area contributed by atoms with Gasteiger partial charge in [-0.1, -0.05) is 25.7 Å². The smallest absolute Gasteiger partial charge is 0.315 e. The van der Waals surface area contributed by atoms with E-state index < -0.39 is 5.97 Å². The number of carboxylic acid groups (broad SMARTS) is 1. The summed E-state index contributed by atoms with van der Waals surface area (Å²) in [5, 5.41) is 12.5. The lowest BCUT2D eigenvalue weighted by Gasteiger charge is -2.02. The van der Waals surface area contributed by atoms with Crippen LogP contribution < -0.4 is 0 Å². The first-order valence-corrected chi connectivity index (χ1v) is 4.81. The van der Waals surface area contributed by atoms with Gasteiger partial charge >= 0.3 is 5.97 Å². The van der Waals surface area contributed by atoms with Crippen molar-refractivity contribution in [1.82, 2.24) is 9.78 Å². The zero-order valence-electron chi connectivity index (χ0n) is 8.90. The largest absolute Gasteiger partial charge is 0.481 e. The standard InChI is InChI=1S/C11H14N2O2/c1-9(2)7-13-8-10(6-12-13)4-3-5-11(14)15/h6,8-9H,5,7H2,1-2H3,(H,14,15). The summed E-state index contributed by atoms with van der Waals surface area (Å²) >= 11 is 0. The van der Waals surface area contributed by atoms with Gasteiger partial charge in [-0.3, -0.25) is 9.48 Å². The molecule has 0 aromatic carbocycles. The maximum absolute atomic E-state index is 10.2. The number of aromatic nitrogens is 2. The van der Waals surface area contributed by atoms with Crippen molar-refractivity contribution in [2.24, 2.45) is 5.92 Å². The van der Waals surface area contributed by atoms with Crippen molar-refractivity contribution < 1.29 is 9.90 Å². The number of rotatable bonds is 3. The number of hydrogen-bond acceptors (Lipinski definition) is 2. The molecule has 0 aliphatic heterocycles. The van der Waals surface area contributed by atoms with E-state index in [-0.39, 0.29) is 6.42 Å². The van der Waals surface area contributed by atoms with Crippen LogP contribution in [0.15, 0.2) is 12.4 Å². The molecule has 0 radical (unpaired) electrons. The number of carbonyl (C=O) groups is 1. The Kier molecular flexibility index (Phi) is 3.92. The quantitative estimate of drug-likeness (QED) is 0.760. The third-order valence-corrected chi connectivity index (χ3v) is 1.66. The molecule has 0 amide bonds. The Balaban J connectivity index is 2.58. The lowest BCUT2D eigenvalue weighted by atomic mass is 10.2. The van der Waals surface area contributed by atoms with Gasteiger partial charge < -0.3 is 5.11 Å². The summed E-state index contributed by atoms with van der Waals surface area (Å²) < 4.78 is 1.81. The summed E-state index contributed by atoms with van der Waals surface area (Å²) in [5.74, 6) is 4.95. The first-order valence-electron chi connectivity index (χ1n) is 4.81. The summed E-state index contributed by atoms with van der Waals surface area (Å²) in [6.07, 6.45) is 3.35. The average Bonchev–Trinajstić information content (AvgIpc) is 2.50. The molecule has 1 aromatic rings. The maximum atomic E-state index is 10.2. The average molecular weight is 206 g/mol. The molecule has 0 aliphatic rings. The van der Waals surface area contributed by atoms with Crippen LogP contribution in [-0.2, 0) is 11.3 Å². The van der Waals surface area contributed by atoms with E-state index in [0.29, 0.717) is 5.92 Å². The van der Waals surface area contributed by atoms with Crippen LogP contribution in [-0.4, -0.2) is 20.9 Å². The van der Waals surface area contributed by atoms with Crippen molar-refractivity contribution in [2.75, 3.05) is 0 Å². The molecule has 1 rings (SSSR count). The Morgan fingerprint density at radius 3 is 3.00 bits per heavy atom. The number of carboxylic acids is 1. The predicted octanol–water partition coefficient (Wildman–Crippen LogP) is 1.37. The van der Waals surface area contributed by atoms with Crippen molar-refractivity contribution in [3.8, 4) is 11.8 Å². The van der Waals surface area contributed by atoms with Crippen molar-refractivity contribution in [3.63, 3.8) is 0 Å². The summed E-state index contributed by atoms with van der Waals surface area (Å²) in [4.78, 5) is 10.2. The summed E-state index contributed by atoms with van der Waals surface area (Å²) in [6.45, 7) is 5.07. The fraction of sp³-hybridized carbons (Fsp3) is 0.455. The van der Waals surface area contributed by atoms with E-state index in [4.69, 9.17) is 5.11 Å². The summed E-state index contributed by atoms with van der Waals surface area (Å²) in [5.41, 5.74) is 0.761. The first-order chi connectivity index (χ1) is 7.08. The Morgan fingerprint density at radius 1 is 1.67 bits per heavy atom. The van der Waals surface area contributed by atoms with Gasteiger partial charge in [-0.15, -0.1) is 0 Å². The van der Waals surface area contributed by atoms with Crippen LogP contribution >= 0.6 is 0 Å². The Morgan fingerprint density at radius 2 is 2.40 bits per heavy atom. The summed E-state index contributed by atoms with van der Waals surface area (Å²) in [7, 11) is 0. The van der Waals surface area contributed by atoms with Crippen molar-refractivity contribution in [1.29, 1.82) is 0 Å². The van der Waals surface area contributed by atoms with Gasteiger partial charge in [0.15, 0.2) is 0 Å². The van der Waals surface area contributed by atoms with Crippen LogP contribution in [0, 0.1) is 17.8 Å². The van der Waals surface area contributed by atoms with Gasteiger partial charge in [-0.2, -0.15) is 5.10 Å². The molecule has 1 N–H and O–H groups in total. The molecular formula is C11H14N2O2. The van der Waals surface area contributed by atoms with Crippen molar-refractivity contribution in [2.45, 2.75) is 26.8 Å². The number of hydrogen-bond donors (Lipinski definition) is 1. The van der Waals surface area contributed by atoms with Crippen LogP contribution in [0.2, 0.25) is 0 Å². The van der Waals surface area contributed by atoms with Crippen LogP contribution in [0.4, 0.5) is 0 Å². The molecule has 0 fully saturated rings. The third-order valence-electron chi connectivity index (χ3n) is 1.66. The monoisotopic (exact) mass is 206 g/mol. The van der Waals surface area contributed by atoms with Crippen LogP contribution in [0.1, 0.15) is 25.8 Å². The minimum absolute atomic E-state index is 0.130. The zero-order chi connectivity index (χ0) is 11.3. The van der Waals surface area contributed by atoms with Gasteiger partial charge in [-0.05, 0) is 5.92 Å². The number of aliphatic carboxylic acids is 1. The highest BCUT2D eigenvalue weighted by Crippen LogP contribution is 2.00. The van der Waals surface area contributed by atoms with E-state index in [2.05, 4.69) is 30.8 Å². The molecule has 0 aliphatic carbocycles. The minimum atomic E-state index is -0.905.